The zero-order valence-corrected chi connectivity index (χ0v) is 23.4. The van der Waals surface area contributed by atoms with E-state index < -0.39 is 17.8 Å². The van der Waals surface area contributed by atoms with E-state index in [-0.39, 0.29) is 40.5 Å². The highest BCUT2D eigenvalue weighted by atomic mass is 35.5. The first-order valence-electron chi connectivity index (χ1n) is 13.4. The molecule has 0 bridgehead atoms. The second-order valence-corrected chi connectivity index (χ2v) is 10.7. The molecule has 2 aromatic carbocycles. The third kappa shape index (κ3) is 5.07. The molecule has 0 spiro atoms. The first-order valence-corrected chi connectivity index (χ1v) is 13.8. The van der Waals surface area contributed by atoms with Crippen LogP contribution in [-0.2, 0) is 6.54 Å². The third-order valence-corrected chi connectivity index (χ3v) is 7.92. The molecule has 1 unspecified atom stereocenters. The van der Waals surface area contributed by atoms with Gasteiger partial charge in [0.1, 0.15) is 22.6 Å². The molecule has 3 heterocycles. The van der Waals surface area contributed by atoms with Gasteiger partial charge in [0, 0.05) is 31.2 Å². The highest BCUT2D eigenvalue weighted by Crippen LogP contribution is 2.39. The number of imidazole rings is 1. The van der Waals surface area contributed by atoms with E-state index in [4.69, 9.17) is 22.1 Å². The number of hydrogen-bond donors (Lipinski definition) is 3. The van der Waals surface area contributed by atoms with Gasteiger partial charge < -0.3 is 30.4 Å². The van der Waals surface area contributed by atoms with Crippen molar-refractivity contribution in [3.05, 3.63) is 69.9 Å². The van der Waals surface area contributed by atoms with Crippen molar-refractivity contribution < 1.29 is 23.8 Å². The SMILES string of the molecule is COc1ccc(CNc2c(C(N)=O)c(C#Cc3cc4ncn(C5CC5)c4c(F)c3Cl)nn2C2CCN(C(=O)O)C2)cc1. The number of amides is 2. The van der Waals surface area contributed by atoms with Crippen molar-refractivity contribution in [2.24, 2.45) is 5.73 Å². The van der Waals surface area contributed by atoms with Crippen LogP contribution in [0, 0.1) is 17.7 Å². The Labute approximate surface area is 245 Å². The van der Waals surface area contributed by atoms with Crippen molar-refractivity contribution in [3.8, 4) is 17.6 Å². The van der Waals surface area contributed by atoms with Crippen molar-refractivity contribution in [2.45, 2.75) is 37.9 Å². The predicted molar refractivity (Wildman–Crippen MR) is 153 cm³/mol. The molecular formula is C29H27ClFN7O4. The van der Waals surface area contributed by atoms with Crippen molar-refractivity contribution in [2.75, 3.05) is 25.5 Å². The number of aromatic nitrogens is 4. The second-order valence-electron chi connectivity index (χ2n) is 10.3. The smallest absolute Gasteiger partial charge is 0.407 e. The topological polar surface area (TPSA) is 141 Å². The van der Waals surface area contributed by atoms with Gasteiger partial charge in [-0.15, -0.1) is 0 Å². The lowest BCUT2D eigenvalue weighted by Crippen LogP contribution is -2.27. The molecule has 42 heavy (non-hydrogen) atoms. The first-order chi connectivity index (χ1) is 20.2. The highest BCUT2D eigenvalue weighted by molar-refractivity contribution is 6.32. The lowest BCUT2D eigenvalue weighted by Gasteiger charge is -2.17. The van der Waals surface area contributed by atoms with E-state index in [1.165, 1.54) is 4.90 Å². The summed E-state index contributed by atoms with van der Waals surface area (Å²) in [5.74, 6) is 5.36. The van der Waals surface area contributed by atoms with Gasteiger partial charge in [-0.1, -0.05) is 29.7 Å². The summed E-state index contributed by atoms with van der Waals surface area (Å²) in [4.78, 5) is 30.0. The second kappa shape index (κ2) is 10.9. The minimum Gasteiger partial charge on any atom is -0.497 e. The summed E-state index contributed by atoms with van der Waals surface area (Å²) in [7, 11) is 1.58. The zero-order chi connectivity index (χ0) is 29.5. The summed E-state index contributed by atoms with van der Waals surface area (Å²) in [6.45, 7) is 0.805. The number of carboxylic acid groups (broad SMARTS) is 1. The van der Waals surface area contributed by atoms with Gasteiger partial charge >= 0.3 is 6.09 Å². The van der Waals surface area contributed by atoms with Gasteiger partial charge in [0.05, 0.1) is 30.0 Å². The Hall–Kier alpha value is -4.76. The summed E-state index contributed by atoms with van der Waals surface area (Å²) in [5.41, 5.74) is 7.78. The Balaban J connectivity index is 1.39. The number of fused-ring (bicyclic) bond motifs is 1. The molecule has 6 rings (SSSR count). The summed E-state index contributed by atoms with van der Waals surface area (Å²) in [5, 5.41) is 17.2. The lowest BCUT2D eigenvalue weighted by molar-refractivity contribution is 0.100. The van der Waals surface area contributed by atoms with Gasteiger partial charge in [-0.3, -0.25) is 4.79 Å². The van der Waals surface area contributed by atoms with Crippen molar-refractivity contribution in [1.82, 2.24) is 24.2 Å². The van der Waals surface area contributed by atoms with Crippen molar-refractivity contribution >= 4 is 40.5 Å². The van der Waals surface area contributed by atoms with Crippen molar-refractivity contribution in [1.29, 1.82) is 0 Å². The van der Waals surface area contributed by atoms with Gasteiger partial charge in [-0.05, 0) is 48.9 Å². The standard InChI is InChI=1S/C29H27ClFN7O4/c1-42-20-7-2-16(3-8-20)13-33-28-23(27(32)39)21(35-38(28)19-10-11-36(14-19)29(40)41)9-4-17-12-22-26(25(31)24(17)30)37(15-34-22)18-5-6-18/h2-3,7-8,12,15,18-19,33H,5-6,10-11,13-14H2,1H3,(H2,32,39)(H,40,41). The van der Waals surface area contributed by atoms with Gasteiger partial charge in [0.2, 0.25) is 0 Å². The molecule has 1 aliphatic carbocycles. The van der Waals surface area contributed by atoms with Crippen LogP contribution in [0.3, 0.4) is 0 Å². The number of nitrogens with one attached hydrogen (secondary N) is 1. The fourth-order valence-electron chi connectivity index (χ4n) is 5.21. The number of ether oxygens (including phenoxy) is 1. The number of hydrogen-bond acceptors (Lipinski definition) is 6. The maximum Gasteiger partial charge on any atom is 0.407 e. The van der Waals surface area contributed by atoms with E-state index in [1.807, 2.05) is 24.3 Å². The average molecular weight is 592 g/mol. The number of carbonyl (C=O) groups is 2. The van der Waals surface area contributed by atoms with Crippen LogP contribution in [0.1, 0.15) is 58.5 Å². The monoisotopic (exact) mass is 591 g/mol. The number of nitrogens with zero attached hydrogens (tertiary/aromatic N) is 5. The average Bonchev–Trinajstić information content (AvgIpc) is 3.38. The molecule has 4 aromatic rings. The summed E-state index contributed by atoms with van der Waals surface area (Å²) in [6.07, 6.45) is 2.97. The number of benzene rings is 2. The largest absolute Gasteiger partial charge is 0.497 e. The van der Waals surface area contributed by atoms with Gasteiger partial charge in [0.25, 0.3) is 5.91 Å². The molecule has 2 aromatic heterocycles. The molecule has 13 heteroatoms. The van der Waals surface area contributed by atoms with Crippen LogP contribution in [0.15, 0.2) is 36.7 Å². The molecule has 1 atom stereocenters. The van der Waals surface area contributed by atoms with Gasteiger partial charge in [-0.25, -0.2) is 18.9 Å². The van der Waals surface area contributed by atoms with E-state index in [2.05, 4.69) is 27.2 Å². The first kappa shape index (κ1) is 27.4. The quantitative estimate of drug-likeness (QED) is 0.270. The van der Waals surface area contributed by atoms with E-state index in [9.17, 15) is 14.7 Å². The maximum absolute atomic E-state index is 15.3. The molecule has 11 nitrogen and oxygen atoms in total. The van der Waals surface area contributed by atoms with Crippen LogP contribution < -0.4 is 15.8 Å². The minimum absolute atomic E-state index is 0.0421. The number of primary amides is 1. The Morgan fingerprint density at radius 1 is 1.21 bits per heavy atom. The number of halogens is 2. The summed E-state index contributed by atoms with van der Waals surface area (Å²) >= 11 is 6.40. The summed E-state index contributed by atoms with van der Waals surface area (Å²) < 4.78 is 23.9. The van der Waals surface area contributed by atoms with E-state index in [0.29, 0.717) is 42.1 Å². The molecule has 4 N–H and O–H groups in total. The molecule has 1 aliphatic heterocycles. The molecule has 216 valence electrons. The van der Waals surface area contributed by atoms with Crippen LogP contribution in [-0.4, -0.2) is 61.5 Å². The normalized spacial score (nSPS) is 16.4. The summed E-state index contributed by atoms with van der Waals surface area (Å²) in [6, 6.07) is 8.84. The number of methoxy groups -OCH3 is 1. The third-order valence-electron chi connectivity index (χ3n) is 7.55. The lowest BCUT2D eigenvalue weighted by atomic mass is 10.1. The van der Waals surface area contributed by atoms with Crippen LogP contribution in [0.25, 0.3) is 11.0 Å². The molecule has 2 fully saturated rings. The van der Waals surface area contributed by atoms with Crippen LogP contribution in [0.5, 0.6) is 5.75 Å². The van der Waals surface area contributed by atoms with Crippen LogP contribution in [0.4, 0.5) is 15.0 Å². The van der Waals surface area contributed by atoms with Gasteiger partial charge in [-0.2, -0.15) is 5.10 Å². The fraction of sp³-hybridized carbons (Fsp3) is 0.310. The molecule has 1 saturated heterocycles. The van der Waals surface area contributed by atoms with Gasteiger partial charge in [0.15, 0.2) is 11.5 Å². The number of nitrogens with two attached hydrogens (primary N) is 1. The highest BCUT2D eigenvalue weighted by Gasteiger charge is 2.32. The Kier molecular flexibility index (Phi) is 7.12. The Morgan fingerprint density at radius 3 is 2.62 bits per heavy atom. The number of rotatable bonds is 7. The van der Waals surface area contributed by atoms with E-state index in [0.717, 1.165) is 18.4 Å². The Morgan fingerprint density at radius 2 is 1.98 bits per heavy atom. The molecule has 2 aliphatic rings. The predicted octanol–water partition coefficient (Wildman–Crippen LogP) is 4.40. The van der Waals surface area contributed by atoms with E-state index in [1.54, 1.807) is 28.8 Å². The minimum atomic E-state index is -1.04. The molecule has 0 radical (unpaired) electrons. The van der Waals surface area contributed by atoms with Crippen LogP contribution >= 0.6 is 11.6 Å². The zero-order valence-electron chi connectivity index (χ0n) is 22.6. The maximum atomic E-state index is 15.3. The molecule has 2 amide bonds. The fourth-order valence-corrected chi connectivity index (χ4v) is 5.40. The molecular weight excluding hydrogens is 565 g/mol. The molecule has 1 saturated carbocycles. The van der Waals surface area contributed by atoms with E-state index >= 15 is 4.39 Å². The number of carbonyl (C=O) groups excluding carboxylic acids is 1. The number of likely N-dealkylation sites (tertiary alicyclic amines) is 1. The van der Waals surface area contributed by atoms with Crippen molar-refractivity contribution in [3.63, 3.8) is 0 Å². The Bertz CT molecular complexity index is 1770. The number of anilines is 1. The van der Waals surface area contributed by atoms with Crippen LogP contribution in [0.2, 0.25) is 5.02 Å².